The average molecular weight is 168 g/mol. The van der Waals surface area contributed by atoms with Crippen molar-refractivity contribution in [1.82, 2.24) is 9.97 Å². The minimum atomic E-state index is 0.963. The van der Waals surface area contributed by atoms with Gasteiger partial charge >= 0.3 is 0 Å². The Hall–Kier alpha value is -0.570. The van der Waals surface area contributed by atoms with Crippen LogP contribution in [0.15, 0.2) is 18.6 Å². The molecule has 0 amide bonds. The smallest absolute Gasteiger partial charge is 0.115 e. The Morgan fingerprint density at radius 1 is 1.36 bits per heavy atom. The molecule has 0 aliphatic rings. The van der Waals surface area contributed by atoms with Gasteiger partial charge in [-0.3, -0.25) is 0 Å². The van der Waals surface area contributed by atoms with Gasteiger partial charge in [0.15, 0.2) is 0 Å². The summed E-state index contributed by atoms with van der Waals surface area (Å²) < 4.78 is 0. The first-order valence-electron chi connectivity index (χ1n) is 3.79. The van der Waals surface area contributed by atoms with E-state index in [9.17, 15) is 0 Å². The first-order chi connectivity index (χ1) is 5.43. The number of nitrogens with zero attached hydrogens (tertiary/aromatic N) is 2. The zero-order valence-electron chi connectivity index (χ0n) is 6.40. The fourth-order valence-electron chi connectivity index (χ4n) is 0.884. The molecular formula is C8H12N2S. The molecule has 0 bridgehead atoms. The van der Waals surface area contributed by atoms with Gasteiger partial charge in [0.1, 0.15) is 6.33 Å². The van der Waals surface area contributed by atoms with Gasteiger partial charge in [-0.25, -0.2) is 9.97 Å². The highest BCUT2D eigenvalue weighted by atomic mass is 32.1. The molecule has 3 heteroatoms. The summed E-state index contributed by atoms with van der Waals surface area (Å²) in [4.78, 5) is 7.96. The van der Waals surface area contributed by atoms with Crippen LogP contribution in [0.1, 0.15) is 18.5 Å². The lowest BCUT2D eigenvalue weighted by molar-refractivity contribution is 0.780. The molecular weight excluding hydrogens is 156 g/mol. The number of aromatic nitrogens is 2. The van der Waals surface area contributed by atoms with Crippen molar-refractivity contribution in [3.63, 3.8) is 0 Å². The number of rotatable bonds is 4. The normalized spacial score (nSPS) is 9.91. The second-order valence-corrected chi connectivity index (χ2v) is 2.83. The zero-order valence-corrected chi connectivity index (χ0v) is 7.30. The van der Waals surface area contributed by atoms with Crippen molar-refractivity contribution in [1.29, 1.82) is 0 Å². The van der Waals surface area contributed by atoms with Crippen LogP contribution in [0.3, 0.4) is 0 Å². The highest BCUT2D eigenvalue weighted by Gasteiger charge is 1.91. The van der Waals surface area contributed by atoms with Crippen LogP contribution in [0.5, 0.6) is 0 Å². The van der Waals surface area contributed by atoms with Crippen molar-refractivity contribution >= 4 is 12.6 Å². The van der Waals surface area contributed by atoms with Crippen molar-refractivity contribution in [2.24, 2.45) is 0 Å². The molecule has 0 saturated heterocycles. The van der Waals surface area contributed by atoms with E-state index in [1.807, 2.05) is 6.07 Å². The molecule has 0 aliphatic heterocycles. The Labute approximate surface area is 72.5 Å². The van der Waals surface area contributed by atoms with Crippen LogP contribution in [0, 0.1) is 0 Å². The van der Waals surface area contributed by atoms with Crippen molar-refractivity contribution in [3.8, 4) is 0 Å². The molecule has 0 aromatic carbocycles. The van der Waals surface area contributed by atoms with Crippen LogP contribution in [-0.2, 0) is 6.42 Å². The largest absolute Gasteiger partial charge is 0.245 e. The van der Waals surface area contributed by atoms with Gasteiger partial charge in [0.05, 0.1) is 0 Å². The maximum Gasteiger partial charge on any atom is 0.115 e. The van der Waals surface area contributed by atoms with Gasteiger partial charge in [-0.05, 0) is 31.1 Å². The van der Waals surface area contributed by atoms with E-state index in [1.54, 1.807) is 12.5 Å². The molecule has 1 aromatic rings. The molecule has 1 heterocycles. The number of aryl methyl sites for hydroxylation is 1. The Morgan fingerprint density at radius 3 is 2.91 bits per heavy atom. The molecule has 0 radical (unpaired) electrons. The molecule has 0 fully saturated rings. The Morgan fingerprint density at radius 2 is 2.27 bits per heavy atom. The van der Waals surface area contributed by atoms with Gasteiger partial charge in [0.2, 0.25) is 0 Å². The summed E-state index contributed by atoms with van der Waals surface area (Å²) in [5, 5.41) is 0. The predicted molar refractivity (Wildman–Crippen MR) is 48.8 cm³/mol. The maximum absolute atomic E-state index is 4.13. The summed E-state index contributed by atoms with van der Waals surface area (Å²) in [5.74, 6) is 0.963. The van der Waals surface area contributed by atoms with Gasteiger partial charge in [-0.1, -0.05) is 0 Å². The molecule has 60 valence electrons. The molecule has 11 heavy (non-hydrogen) atoms. The standard InChI is InChI=1S/C8H12N2S/c11-6-2-1-3-8-4-5-9-7-10-8/h4-5,7,11H,1-3,6H2. The van der Waals surface area contributed by atoms with Gasteiger partial charge in [-0.2, -0.15) is 12.6 Å². The van der Waals surface area contributed by atoms with E-state index in [0.717, 1.165) is 24.3 Å². The summed E-state index contributed by atoms with van der Waals surface area (Å²) in [6.07, 6.45) is 6.75. The molecule has 0 aliphatic carbocycles. The van der Waals surface area contributed by atoms with Crippen LogP contribution in [-0.4, -0.2) is 15.7 Å². The van der Waals surface area contributed by atoms with Crippen LogP contribution in [0.4, 0.5) is 0 Å². The summed E-state index contributed by atoms with van der Waals surface area (Å²) in [7, 11) is 0. The van der Waals surface area contributed by atoms with E-state index in [-0.39, 0.29) is 0 Å². The van der Waals surface area contributed by atoms with Gasteiger partial charge in [0, 0.05) is 11.9 Å². The lowest BCUT2D eigenvalue weighted by Crippen LogP contribution is -1.90. The van der Waals surface area contributed by atoms with Crippen LogP contribution in [0.2, 0.25) is 0 Å². The minimum Gasteiger partial charge on any atom is -0.245 e. The molecule has 1 aromatic heterocycles. The summed E-state index contributed by atoms with van der Waals surface area (Å²) in [6, 6.07) is 1.96. The highest BCUT2D eigenvalue weighted by molar-refractivity contribution is 7.80. The molecule has 0 N–H and O–H groups in total. The van der Waals surface area contributed by atoms with E-state index < -0.39 is 0 Å². The molecule has 2 nitrogen and oxygen atoms in total. The van der Waals surface area contributed by atoms with Gasteiger partial charge in [0.25, 0.3) is 0 Å². The van der Waals surface area contributed by atoms with Crippen LogP contribution >= 0.6 is 12.6 Å². The van der Waals surface area contributed by atoms with E-state index in [2.05, 4.69) is 22.6 Å². The van der Waals surface area contributed by atoms with Crippen LogP contribution < -0.4 is 0 Å². The van der Waals surface area contributed by atoms with E-state index in [4.69, 9.17) is 0 Å². The predicted octanol–water partition coefficient (Wildman–Crippen LogP) is 1.73. The fraction of sp³-hybridized carbons (Fsp3) is 0.500. The Kier molecular flexibility index (Phi) is 3.98. The molecule has 0 unspecified atom stereocenters. The Bertz CT molecular complexity index is 189. The second-order valence-electron chi connectivity index (χ2n) is 2.38. The lowest BCUT2D eigenvalue weighted by Gasteiger charge is -1.96. The summed E-state index contributed by atoms with van der Waals surface area (Å²) in [6.45, 7) is 0. The second kappa shape index (κ2) is 5.13. The first-order valence-corrected chi connectivity index (χ1v) is 4.42. The highest BCUT2D eigenvalue weighted by Crippen LogP contribution is 2.00. The SMILES string of the molecule is SCCCCc1ccncn1. The zero-order chi connectivity index (χ0) is 7.94. The number of hydrogen-bond acceptors (Lipinski definition) is 3. The summed E-state index contributed by atoms with van der Waals surface area (Å²) >= 11 is 4.13. The average Bonchev–Trinajstić information content (AvgIpc) is 2.07. The number of hydrogen-bond donors (Lipinski definition) is 1. The third-order valence-corrected chi connectivity index (χ3v) is 1.80. The van der Waals surface area contributed by atoms with Crippen molar-refractivity contribution in [3.05, 3.63) is 24.3 Å². The topological polar surface area (TPSA) is 25.8 Å². The van der Waals surface area contributed by atoms with Crippen LogP contribution in [0.25, 0.3) is 0 Å². The van der Waals surface area contributed by atoms with E-state index >= 15 is 0 Å². The monoisotopic (exact) mass is 168 g/mol. The third kappa shape index (κ3) is 3.37. The Balaban J connectivity index is 2.28. The third-order valence-electron chi connectivity index (χ3n) is 1.48. The van der Waals surface area contributed by atoms with Gasteiger partial charge < -0.3 is 0 Å². The molecule has 0 saturated carbocycles. The molecule has 1 rings (SSSR count). The molecule has 0 atom stereocenters. The quantitative estimate of drug-likeness (QED) is 0.547. The van der Waals surface area contributed by atoms with E-state index in [0.29, 0.717) is 0 Å². The fourth-order valence-corrected chi connectivity index (χ4v) is 1.11. The maximum atomic E-state index is 4.13. The van der Waals surface area contributed by atoms with Crippen molar-refractivity contribution in [2.75, 3.05) is 5.75 Å². The van der Waals surface area contributed by atoms with Gasteiger partial charge in [-0.15, -0.1) is 0 Å². The van der Waals surface area contributed by atoms with E-state index in [1.165, 1.54) is 6.42 Å². The first kappa shape index (κ1) is 8.53. The number of unbranched alkanes of at least 4 members (excludes halogenated alkanes) is 1. The molecule has 0 spiro atoms. The minimum absolute atomic E-state index is 0.963. The van der Waals surface area contributed by atoms with Crippen molar-refractivity contribution < 1.29 is 0 Å². The lowest BCUT2D eigenvalue weighted by atomic mass is 10.2. The number of thiol groups is 1. The van der Waals surface area contributed by atoms with Crippen molar-refractivity contribution in [2.45, 2.75) is 19.3 Å². The summed E-state index contributed by atoms with van der Waals surface area (Å²) in [5.41, 5.74) is 1.13.